The summed E-state index contributed by atoms with van der Waals surface area (Å²) in [7, 11) is 0. The summed E-state index contributed by atoms with van der Waals surface area (Å²) in [6.07, 6.45) is 42.7. The molecule has 0 radical (unpaired) electrons. The second-order valence-electron chi connectivity index (χ2n) is 23.6. The van der Waals surface area contributed by atoms with Crippen LogP contribution < -0.4 is 5.32 Å². The number of hydrogen-bond acceptors (Lipinski definition) is 13. The molecule has 12 atom stereocenters. The van der Waals surface area contributed by atoms with Gasteiger partial charge in [-0.25, -0.2) is 0 Å². The lowest BCUT2D eigenvalue weighted by Gasteiger charge is -2.46. The van der Waals surface area contributed by atoms with E-state index in [2.05, 4.69) is 19.2 Å². The first kappa shape index (κ1) is 72.8. The average Bonchev–Trinajstić information content (AvgIpc) is 3.48. The molecular weight excluding hydrogens is 991 g/mol. The first-order chi connectivity index (χ1) is 38.1. The minimum absolute atomic E-state index is 0.232. The Hall–Kier alpha value is -1.27. The zero-order valence-electron chi connectivity index (χ0n) is 49.9. The summed E-state index contributed by atoms with van der Waals surface area (Å²) in [6, 6.07) is -0.910. The van der Waals surface area contributed by atoms with Crippen LogP contribution in [0.5, 0.6) is 0 Å². The third kappa shape index (κ3) is 35.0. The molecule has 0 aromatic carbocycles. The van der Waals surface area contributed by atoms with Crippen molar-refractivity contribution in [2.24, 2.45) is 0 Å². The topological polar surface area (TPSA) is 228 Å². The number of rotatable bonds is 54. The van der Waals surface area contributed by atoms with Gasteiger partial charge in [-0.1, -0.05) is 283 Å². The van der Waals surface area contributed by atoms with Gasteiger partial charge >= 0.3 is 0 Å². The fourth-order valence-electron chi connectivity index (χ4n) is 11.2. The Labute approximate surface area is 476 Å². The van der Waals surface area contributed by atoms with E-state index in [0.717, 1.165) is 38.5 Å². The van der Waals surface area contributed by atoms with Crippen LogP contribution in [0, 0.1) is 0 Å². The third-order valence-electron chi connectivity index (χ3n) is 16.5. The van der Waals surface area contributed by atoms with E-state index >= 15 is 0 Å². The quantitative estimate of drug-likeness (QED) is 0.0204. The molecule has 2 fully saturated rings. The molecule has 78 heavy (non-hydrogen) atoms. The molecule has 2 aliphatic rings. The molecule has 4 unspecified atom stereocenters. The van der Waals surface area contributed by atoms with E-state index < -0.39 is 86.8 Å². The summed E-state index contributed by atoms with van der Waals surface area (Å²) in [5.41, 5.74) is 0. The van der Waals surface area contributed by atoms with Crippen LogP contribution in [0.25, 0.3) is 0 Å². The number of aliphatic hydroxyl groups excluding tert-OH is 8. The molecule has 0 aliphatic carbocycles. The number of nitrogens with one attached hydrogen (secondary N) is 1. The third-order valence-corrected chi connectivity index (χ3v) is 16.5. The first-order valence-corrected chi connectivity index (χ1v) is 32.9. The van der Waals surface area contributed by atoms with Crippen molar-refractivity contribution in [2.45, 2.75) is 370 Å². The Morgan fingerprint density at radius 3 is 1.18 bits per heavy atom. The van der Waals surface area contributed by atoms with Gasteiger partial charge in [-0.3, -0.25) is 4.79 Å². The smallest absolute Gasteiger partial charge is 0.220 e. The Kier molecular flexibility index (Phi) is 46.9. The molecule has 2 heterocycles. The lowest BCUT2D eigenvalue weighted by molar-refractivity contribution is -0.359. The zero-order chi connectivity index (χ0) is 56.7. The van der Waals surface area contributed by atoms with Crippen LogP contribution in [0.1, 0.15) is 296 Å². The second-order valence-corrected chi connectivity index (χ2v) is 23.6. The summed E-state index contributed by atoms with van der Waals surface area (Å²) >= 11 is 0. The molecule has 14 nitrogen and oxygen atoms in total. The zero-order valence-corrected chi connectivity index (χ0v) is 49.9. The molecule has 2 rings (SSSR count). The lowest BCUT2D eigenvalue weighted by atomic mass is 9.97. The minimum atomic E-state index is -1.79. The van der Waals surface area contributed by atoms with Crippen LogP contribution in [-0.2, 0) is 23.7 Å². The molecule has 0 saturated carbocycles. The maximum absolute atomic E-state index is 13.3. The lowest BCUT2D eigenvalue weighted by Crippen LogP contribution is -2.65. The van der Waals surface area contributed by atoms with E-state index in [1.807, 2.05) is 6.08 Å². The molecule has 0 aromatic rings. The summed E-state index contributed by atoms with van der Waals surface area (Å²) in [5.74, 6) is -0.232. The molecule has 0 spiro atoms. The van der Waals surface area contributed by atoms with Crippen LogP contribution in [-0.4, -0.2) is 140 Å². The van der Waals surface area contributed by atoms with Crippen molar-refractivity contribution in [3.8, 4) is 0 Å². The molecule has 0 aromatic heterocycles. The summed E-state index contributed by atoms with van der Waals surface area (Å²) in [4.78, 5) is 13.3. The van der Waals surface area contributed by atoms with Crippen molar-refractivity contribution in [2.75, 3.05) is 19.8 Å². The van der Waals surface area contributed by atoms with E-state index in [-0.39, 0.29) is 18.9 Å². The molecule has 0 bridgehead atoms. The molecule has 9 N–H and O–H groups in total. The van der Waals surface area contributed by atoms with Gasteiger partial charge in [0.25, 0.3) is 0 Å². The second kappa shape index (κ2) is 50.3. The molecule has 1 amide bonds. The van der Waals surface area contributed by atoms with Crippen molar-refractivity contribution in [3.63, 3.8) is 0 Å². The van der Waals surface area contributed by atoms with Crippen LogP contribution in [0.4, 0.5) is 0 Å². The highest BCUT2D eigenvalue weighted by molar-refractivity contribution is 5.76. The number of ether oxygens (including phenoxy) is 4. The maximum Gasteiger partial charge on any atom is 0.220 e. The Morgan fingerprint density at radius 1 is 0.449 bits per heavy atom. The van der Waals surface area contributed by atoms with Gasteiger partial charge in [0.2, 0.25) is 5.91 Å². The van der Waals surface area contributed by atoms with Gasteiger partial charge in [0, 0.05) is 6.42 Å². The molecular formula is C64H123NO13. The highest BCUT2D eigenvalue weighted by atomic mass is 16.7. The van der Waals surface area contributed by atoms with Crippen molar-refractivity contribution in [1.82, 2.24) is 5.32 Å². The number of hydrogen-bond donors (Lipinski definition) is 9. The average molecular weight is 1110 g/mol. The van der Waals surface area contributed by atoms with E-state index in [1.165, 1.54) is 231 Å². The Balaban J connectivity index is 1.66. The van der Waals surface area contributed by atoms with Crippen LogP contribution >= 0.6 is 0 Å². The fraction of sp³-hybridized carbons (Fsp3) is 0.953. The highest BCUT2D eigenvalue weighted by Crippen LogP contribution is 2.30. The number of aliphatic hydroxyl groups is 8. The van der Waals surface area contributed by atoms with Crippen LogP contribution in [0.2, 0.25) is 0 Å². The van der Waals surface area contributed by atoms with Gasteiger partial charge in [-0.05, 0) is 19.3 Å². The maximum atomic E-state index is 13.3. The monoisotopic (exact) mass is 1110 g/mol. The number of allylic oxidation sites excluding steroid dienone is 1. The van der Waals surface area contributed by atoms with Gasteiger partial charge in [0.15, 0.2) is 12.6 Å². The van der Waals surface area contributed by atoms with E-state index in [9.17, 15) is 45.6 Å². The number of amides is 1. The predicted octanol–water partition coefficient (Wildman–Crippen LogP) is 12.2. The molecule has 2 aliphatic heterocycles. The van der Waals surface area contributed by atoms with Crippen molar-refractivity contribution in [1.29, 1.82) is 0 Å². The SMILES string of the molecule is CCCCCCCCCCCCCCC/C=C/[C@@H](O)[C@H](CO[C@@H]1O[C@H](CO)[C@@H](O[C@@H]2O[C@H](CO)[C@H](O)C(O)C2O)C(O)C1O)NC(=O)CCCCCCCCCCCCCCCCCCCCCCCCCCCCCCC. The number of carbonyl (C=O) groups is 1. The van der Waals surface area contributed by atoms with E-state index in [0.29, 0.717) is 6.42 Å². The summed E-state index contributed by atoms with van der Waals surface area (Å²) in [5, 5.41) is 87.2. The van der Waals surface area contributed by atoms with E-state index in [1.54, 1.807) is 6.08 Å². The van der Waals surface area contributed by atoms with E-state index in [4.69, 9.17) is 18.9 Å². The summed E-state index contributed by atoms with van der Waals surface area (Å²) < 4.78 is 22.8. The minimum Gasteiger partial charge on any atom is -0.394 e. The normalized spacial score (nSPS) is 24.5. The first-order valence-electron chi connectivity index (χ1n) is 32.9. The van der Waals surface area contributed by atoms with Gasteiger partial charge in [-0.15, -0.1) is 0 Å². The van der Waals surface area contributed by atoms with Crippen LogP contribution in [0.15, 0.2) is 12.2 Å². The Bertz CT molecular complexity index is 1360. The number of unbranched alkanes of at least 4 members (excludes halogenated alkanes) is 41. The largest absolute Gasteiger partial charge is 0.394 e. The van der Waals surface area contributed by atoms with Gasteiger partial charge in [0.1, 0.15) is 48.8 Å². The van der Waals surface area contributed by atoms with Crippen molar-refractivity contribution >= 4 is 5.91 Å². The van der Waals surface area contributed by atoms with Gasteiger partial charge in [0.05, 0.1) is 32.0 Å². The molecule has 2 saturated heterocycles. The van der Waals surface area contributed by atoms with Gasteiger partial charge in [-0.2, -0.15) is 0 Å². The standard InChI is InChI=1S/C64H123NO13/c1-3-5-7-9-11-13-15-17-19-20-21-22-23-24-25-26-27-28-29-30-31-32-34-36-38-40-42-44-46-48-56(69)65-52(53(68)47-45-43-41-39-37-35-33-18-16-14-12-10-8-6-4-2)51-75-63-61(74)59(72)62(55(50-67)77-63)78-64-60(73)58(71)57(70)54(49-66)76-64/h45,47,52-55,57-64,66-68,70-74H,3-44,46,48-51H2,1-2H3,(H,65,69)/b47-45+/t52-,53+,54+,55+,57-,58?,59?,60?,61?,62+,63+,64-/m0/s1. The predicted molar refractivity (Wildman–Crippen MR) is 314 cm³/mol. The number of carbonyl (C=O) groups excluding carboxylic acids is 1. The van der Waals surface area contributed by atoms with Crippen molar-refractivity contribution in [3.05, 3.63) is 12.2 Å². The highest BCUT2D eigenvalue weighted by Gasteiger charge is 2.51. The Morgan fingerprint density at radius 2 is 0.795 bits per heavy atom. The van der Waals surface area contributed by atoms with Crippen molar-refractivity contribution < 1.29 is 64.6 Å². The van der Waals surface area contributed by atoms with Gasteiger partial charge < -0.3 is 65.1 Å². The molecule has 14 heteroatoms. The summed E-state index contributed by atoms with van der Waals surface area (Å²) in [6.45, 7) is 2.84. The molecule has 462 valence electrons. The fourth-order valence-corrected chi connectivity index (χ4v) is 11.2. The van der Waals surface area contributed by atoms with Crippen LogP contribution in [0.3, 0.4) is 0 Å².